The van der Waals surface area contributed by atoms with Gasteiger partial charge in [0.2, 0.25) is 5.91 Å². The van der Waals surface area contributed by atoms with Gasteiger partial charge in [-0.15, -0.1) is 0 Å². The van der Waals surface area contributed by atoms with Crippen molar-refractivity contribution in [1.29, 1.82) is 0 Å². The van der Waals surface area contributed by atoms with E-state index in [4.69, 9.17) is 4.74 Å². The molecule has 0 atom stereocenters. The van der Waals surface area contributed by atoms with Gasteiger partial charge in [0, 0.05) is 35.1 Å². The summed E-state index contributed by atoms with van der Waals surface area (Å²) < 4.78 is 7.40. The van der Waals surface area contributed by atoms with Crippen LogP contribution in [0.1, 0.15) is 16.8 Å². The first-order chi connectivity index (χ1) is 14.9. The van der Waals surface area contributed by atoms with E-state index < -0.39 is 0 Å². The van der Waals surface area contributed by atoms with E-state index in [-0.39, 0.29) is 17.9 Å². The molecule has 0 aliphatic carbocycles. The molecule has 0 spiro atoms. The van der Waals surface area contributed by atoms with Gasteiger partial charge in [-0.3, -0.25) is 14.6 Å². The van der Waals surface area contributed by atoms with Crippen molar-refractivity contribution in [1.82, 2.24) is 14.5 Å². The average molecular weight is 415 g/mol. The summed E-state index contributed by atoms with van der Waals surface area (Å²) in [6, 6.07) is 14.8. The zero-order chi connectivity index (χ0) is 22.1. The first kappa shape index (κ1) is 20.6. The van der Waals surface area contributed by atoms with Crippen LogP contribution in [0.25, 0.3) is 21.8 Å². The molecule has 2 aromatic carbocycles. The number of likely N-dealkylation sites (N-methyl/N-ethyl adjacent to an activating group) is 1. The highest BCUT2D eigenvalue weighted by Gasteiger charge is 2.18. The Morgan fingerprint density at radius 1 is 1.03 bits per heavy atom. The zero-order valence-corrected chi connectivity index (χ0v) is 18.2. The normalized spacial score (nSPS) is 11.1. The Balaban J connectivity index is 1.70. The SMILES string of the molecule is COc1c(C)cnc(CN(C)C(=O)Cn2c3ccccc3c(=O)c3ccccc32)c1C. The quantitative estimate of drug-likeness (QED) is 0.465. The van der Waals surface area contributed by atoms with Crippen molar-refractivity contribution in [3.8, 4) is 5.75 Å². The maximum atomic E-state index is 13.2. The Hall–Kier alpha value is -3.67. The predicted octanol–water partition coefficient (Wildman–Crippen LogP) is 3.83. The van der Waals surface area contributed by atoms with Gasteiger partial charge in [-0.05, 0) is 38.1 Å². The molecule has 2 heterocycles. The summed E-state index contributed by atoms with van der Waals surface area (Å²) in [6.07, 6.45) is 1.77. The minimum absolute atomic E-state index is 0.0187. The van der Waals surface area contributed by atoms with Crippen LogP contribution in [0.3, 0.4) is 0 Å². The Bertz CT molecular complexity index is 1300. The number of rotatable bonds is 5. The van der Waals surface area contributed by atoms with E-state index in [0.29, 0.717) is 17.3 Å². The largest absolute Gasteiger partial charge is 0.496 e. The summed E-state index contributed by atoms with van der Waals surface area (Å²) in [4.78, 5) is 32.3. The summed E-state index contributed by atoms with van der Waals surface area (Å²) >= 11 is 0. The van der Waals surface area contributed by atoms with E-state index in [1.54, 1.807) is 37.4 Å². The molecule has 0 saturated heterocycles. The van der Waals surface area contributed by atoms with Crippen molar-refractivity contribution >= 4 is 27.7 Å². The second-order valence-electron chi connectivity index (χ2n) is 7.75. The van der Waals surface area contributed by atoms with Crippen molar-refractivity contribution in [2.24, 2.45) is 0 Å². The van der Waals surface area contributed by atoms with Crippen LogP contribution in [0, 0.1) is 13.8 Å². The van der Waals surface area contributed by atoms with E-state index in [0.717, 1.165) is 33.6 Å². The molecule has 1 amide bonds. The number of hydrogen-bond donors (Lipinski definition) is 0. The van der Waals surface area contributed by atoms with Crippen LogP contribution >= 0.6 is 0 Å². The summed E-state index contributed by atoms with van der Waals surface area (Å²) in [5.41, 5.74) is 4.17. The number of nitrogens with zero attached hydrogens (tertiary/aromatic N) is 3. The number of amides is 1. The molecule has 0 unspecified atom stereocenters. The van der Waals surface area contributed by atoms with Crippen molar-refractivity contribution in [3.63, 3.8) is 0 Å². The zero-order valence-electron chi connectivity index (χ0n) is 18.2. The molecule has 4 aromatic rings. The third-order valence-corrected chi connectivity index (χ3v) is 5.73. The second kappa shape index (κ2) is 8.22. The summed E-state index contributed by atoms with van der Waals surface area (Å²) in [7, 11) is 3.41. The lowest BCUT2D eigenvalue weighted by Gasteiger charge is -2.21. The number of aromatic nitrogens is 2. The van der Waals surface area contributed by atoms with Crippen molar-refractivity contribution in [2.45, 2.75) is 26.9 Å². The van der Waals surface area contributed by atoms with Crippen LogP contribution in [0.2, 0.25) is 0 Å². The van der Waals surface area contributed by atoms with Gasteiger partial charge in [-0.2, -0.15) is 0 Å². The first-order valence-corrected chi connectivity index (χ1v) is 10.2. The molecule has 2 aromatic heterocycles. The summed E-state index contributed by atoms with van der Waals surface area (Å²) in [6.45, 7) is 4.40. The lowest BCUT2D eigenvalue weighted by molar-refractivity contribution is -0.131. The van der Waals surface area contributed by atoms with Gasteiger partial charge in [0.15, 0.2) is 5.43 Å². The molecular formula is C25H25N3O3. The second-order valence-corrected chi connectivity index (χ2v) is 7.75. The monoisotopic (exact) mass is 415 g/mol. The van der Waals surface area contributed by atoms with E-state index >= 15 is 0 Å². The van der Waals surface area contributed by atoms with Crippen LogP contribution < -0.4 is 10.2 Å². The van der Waals surface area contributed by atoms with Crippen LogP contribution in [-0.4, -0.2) is 34.5 Å². The number of carbonyl (C=O) groups excluding carboxylic acids is 1. The number of aryl methyl sites for hydroxylation is 1. The summed E-state index contributed by atoms with van der Waals surface area (Å²) in [5, 5.41) is 1.22. The topological polar surface area (TPSA) is 64.4 Å². The van der Waals surface area contributed by atoms with Gasteiger partial charge in [0.25, 0.3) is 0 Å². The minimum atomic E-state index is -0.0697. The highest BCUT2D eigenvalue weighted by Crippen LogP contribution is 2.25. The molecule has 0 aliphatic rings. The first-order valence-electron chi connectivity index (χ1n) is 10.2. The molecule has 31 heavy (non-hydrogen) atoms. The lowest BCUT2D eigenvalue weighted by Crippen LogP contribution is -2.31. The number of pyridine rings is 2. The van der Waals surface area contributed by atoms with Gasteiger partial charge >= 0.3 is 0 Å². The number of fused-ring (bicyclic) bond motifs is 2. The van der Waals surface area contributed by atoms with E-state index in [2.05, 4.69) is 4.98 Å². The number of benzene rings is 2. The Morgan fingerprint density at radius 3 is 2.19 bits per heavy atom. The van der Waals surface area contributed by atoms with Crippen molar-refractivity contribution in [3.05, 3.63) is 81.8 Å². The number of hydrogen-bond acceptors (Lipinski definition) is 4. The fourth-order valence-electron chi connectivity index (χ4n) is 4.05. The average Bonchev–Trinajstić information content (AvgIpc) is 2.78. The highest BCUT2D eigenvalue weighted by atomic mass is 16.5. The van der Waals surface area contributed by atoms with Gasteiger partial charge < -0.3 is 14.2 Å². The molecule has 0 N–H and O–H groups in total. The minimum Gasteiger partial charge on any atom is -0.496 e. The Kier molecular flexibility index (Phi) is 5.46. The van der Waals surface area contributed by atoms with Crippen LogP contribution in [0.4, 0.5) is 0 Å². The molecular weight excluding hydrogens is 390 g/mol. The maximum absolute atomic E-state index is 13.2. The number of methoxy groups -OCH3 is 1. The van der Waals surface area contributed by atoms with Crippen LogP contribution in [-0.2, 0) is 17.9 Å². The van der Waals surface area contributed by atoms with Gasteiger partial charge in [-0.25, -0.2) is 0 Å². The Morgan fingerprint density at radius 2 is 1.61 bits per heavy atom. The van der Waals surface area contributed by atoms with Crippen molar-refractivity contribution in [2.75, 3.05) is 14.2 Å². The lowest BCUT2D eigenvalue weighted by atomic mass is 10.1. The standard InChI is InChI=1S/C25H25N3O3/c1-16-13-26-20(17(2)25(16)31-4)14-27(3)23(29)15-28-21-11-7-5-9-18(21)24(30)19-10-6-8-12-22(19)28/h5-13H,14-15H2,1-4H3. The molecule has 6 nitrogen and oxygen atoms in total. The molecule has 158 valence electrons. The fraction of sp³-hybridized carbons (Fsp3) is 0.240. The van der Waals surface area contributed by atoms with Crippen molar-refractivity contribution < 1.29 is 9.53 Å². The molecule has 0 fully saturated rings. The third-order valence-electron chi connectivity index (χ3n) is 5.73. The maximum Gasteiger partial charge on any atom is 0.242 e. The van der Waals surface area contributed by atoms with E-state index in [9.17, 15) is 9.59 Å². The number of carbonyl (C=O) groups is 1. The smallest absolute Gasteiger partial charge is 0.242 e. The summed E-state index contributed by atoms with van der Waals surface area (Å²) in [5.74, 6) is 0.725. The van der Waals surface area contributed by atoms with Gasteiger partial charge in [0.1, 0.15) is 12.3 Å². The van der Waals surface area contributed by atoms with Crippen LogP contribution in [0.5, 0.6) is 5.75 Å². The molecule has 0 aliphatic heterocycles. The molecule has 0 saturated carbocycles. The highest BCUT2D eigenvalue weighted by molar-refractivity contribution is 5.94. The molecule has 6 heteroatoms. The number of ether oxygens (including phenoxy) is 1. The van der Waals surface area contributed by atoms with E-state index in [1.165, 1.54) is 0 Å². The third kappa shape index (κ3) is 3.65. The molecule has 4 rings (SSSR count). The molecule has 0 radical (unpaired) electrons. The van der Waals surface area contributed by atoms with Gasteiger partial charge in [0.05, 0.1) is 30.4 Å². The van der Waals surface area contributed by atoms with E-state index in [1.807, 2.05) is 54.8 Å². The van der Waals surface area contributed by atoms with Crippen LogP contribution in [0.15, 0.2) is 59.5 Å². The Labute approximate surface area is 180 Å². The predicted molar refractivity (Wildman–Crippen MR) is 122 cm³/mol. The number of para-hydroxylation sites is 2. The van der Waals surface area contributed by atoms with Gasteiger partial charge in [-0.1, -0.05) is 24.3 Å². The molecule has 0 bridgehead atoms. The fourth-order valence-corrected chi connectivity index (χ4v) is 4.05.